The molecule has 26 heavy (non-hydrogen) atoms. The second kappa shape index (κ2) is 7.47. The standard InChI is InChI=1S/C19H26N4O3/c1-12(2)18(24)21-13-4-5-16-14(10-13)15(11-20-16)17(19(25)26)23-8-6-22(3)7-9-23/h4-5,10-12,17,20H,6-9H2,1-3H3,(H,21,24)(H,25,26)/t17-/m1/s1. The zero-order valence-corrected chi connectivity index (χ0v) is 15.5. The topological polar surface area (TPSA) is 88.7 Å². The van der Waals surface area contributed by atoms with Gasteiger partial charge in [-0.1, -0.05) is 13.8 Å². The molecule has 0 aliphatic carbocycles. The number of benzene rings is 1. The molecule has 1 aromatic carbocycles. The number of carbonyl (C=O) groups excluding carboxylic acids is 1. The van der Waals surface area contributed by atoms with E-state index in [1.807, 2.05) is 44.0 Å². The van der Waals surface area contributed by atoms with Gasteiger partial charge in [-0.05, 0) is 25.2 Å². The number of H-pyrrole nitrogens is 1. The molecule has 2 heterocycles. The second-order valence-electron chi connectivity index (χ2n) is 7.23. The maximum atomic E-state index is 12.0. The van der Waals surface area contributed by atoms with Gasteiger partial charge in [0.25, 0.3) is 0 Å². The number of nitrogens with zero attached hydrogens (tertiary/aromatic N) is 2. The van der Waals surface area contributed by atoms with Crippen LogP contribution >= 0.6 is 0 Å². The van der Waals surface area contributed by atoms with E-state index in [0.717, 1.165) is 29.6 Å². The number of rotatable bonds is 5. The van der Waals surface area contributed by atoms with Crippen LogP contribution in [-0.4, -0.2) is 65.0 Å². The van der Waals surface area contributed by atoms with Gasteiger partial charge in [-0.15, -0.1) is 0 Å². The molecule has 2 aromatic rings. The minimum atomic E-state index is -0.855. The summed E-state index contributed by atoms with van der Waals surface area (Å²) in [6, 6.07) is 4.85. The molecule has 0 unspecified atom stereocenters. The smallest absolute Gasteiger partial charge is 0.325 e. The first kappa shape index (κ1) is 18.4. The van der Waals surface area contributed by atoms with Crippen LogP contribution in [0.3, 0.4) is 0 Å². The lowest BCUT2D eigenvalue weighted by Crippen LogP contribution is -2.47. The fourth-order valence-electron chi connectivity index (χ4n) is 3.30. The SMILES string of the molecule is CC(C)C(=O)Nc1ccc2[nH]cc([C@H](C(=O)O)N3CCN(C)CC3)c2c1. The number of piperazine rings is 1. The number of nitrogens with one attached hydrogen (secondary N) is 2. The Balaban J connectivity index is 1.94. The molecule has 1 atom stereocenters. The van der Waals surface area contributed by atoms with Crippen molar-refractivity contribution >= 4 is 28.5 Å². The molecule has 1 aliphatic heterocycles. The van der Waals surface area contributed by atoms with Gasteiger partial charge in [0, 0.05) is 60.4 Å². The Morgan fingerprint density at radius 2 is 1.88 bits per heavy atom. The van der Waals surface area contributed by atoms with Gasteiger partial charge in [-0.2, -0.15) is 0 Å². The quantitative estimate of drug-likeness (QED) is 0.762. The third-order valence-electron chi connectivity index (χ3n) is 4.94. The van der Waals surface area contributed by atoms with Crippen LogP contribution in [0.15, 0.2) is 24.4 Å². The van der Waals surface area contributed by atoms with Crippen molar-refractivity contribution in [1.29, 1.82) is 0 Å². The number of fused-ring (bicyclic) bond motifs is 1. The number of hydrogen-bond acceptors (Lipinski definition) is 4. The monoisotopic (exact) mass is 358 g/mol. The third kappa shape index (κ3) is 3.73. The maximum absolute atomic E-state index is 12.0. The number of amides is 1. The highest BCUT2D eigenvalue weighted by Crippen LogP contribution is 2.31. The number of carbonyl (C=O) groups is 2. The van der Waals surface area contributed by atoms with Crippen LogP contribution in [0.4, 0.5) is 5.69 Å². The molecule has 0 saturated carbocycles. The highest BCUT2D eigenvalue weighted by molar-refractivity contribution is 5.96. The number of aromatic nitrogens is 1. The van der Waals surface area contributed by atoms with E-state index in [-0.39, 0.29) is 11.8 Å². The van der Waals surface area contributed by atoms with Crippen molar-refractivity contribution in [3.8, 4) is 0 Å². The molecule has 3 rings (SSSR count). The van der Waals surface area contributed by atoms with E-state index in [4.69, 9.17) is 0 Å². The molecular weight excluding hydrogens is 332 g/mol. The Morgan fingerprint density at radius 3 is 2.50 bits per heavy atom. The minimum absolute atomic E-state index is 0.0599. The summed E-state index contributed by atoms with van der Waals surface area (Å²) in [5, 5.41) is 13.6. The maximum Gasteiger partial charge on any atom is 0.325 e. The largest absolute Gasteiger partial charge is 0.480 e. The number of aromatic amines is 1. The van der Waals surface area contributed by atoms with Crippen molar-refractivity contribution in [3.05, 3.63) is 30.0 Å². The molecule has 1 fully saturated rings. The highest BCUT2D eigenvalue weighted by Gasteiger charge is 2.31. The average molecular weight is 358 g/mol. The number of likely N-dealkylation sites (N-methyl/N-ethyl adjacent to an activating group) is 1. The van der Waals surface area contributed by atoms with Crippen molar-refractivity contribution in [2.75, 3.05) is 38.5 Å². The molecule has 0 bridgehead atoms. The summed E-state index contributed by atoms with van der Waals surface area (Å²) in [6.07, 6.45) is 1.77. The first-order valence-corrected chi connectivity index (χ1v) is 8.94. The normalized spacial score (nSPS) is 17.5. The van der Waals surface area contributed by atoms with Gasteiger partial charge in [0.2, 0.25) is 5.91 Å². The Morgan fingerprint density at radius 1 is 1.19 bits per heavy atom. The fourth-order valence-corrected chi connectivity index (χ4v) is 3.30. The van der Waals surface area contributed by atoms with Gasteiger partial charge < -0.3 is 20.3 Å². The molecular formula is C19H26N4O3. The molecule has 7 nitrogen and oxygen atoms in total. The molecule has 3 N–H and O–H groups in total. The lowest BCUT2D eigenvalue weighted by atomic mass is 10.0. The zero-order valence-electron chi connectivity index (χ0n) is 15.5. The Labute approximate surface area is 153 Å². The van der Waals surface area contributed by atoms with Gasteiger partial charge in [-0.25, -0.2) is 0 Å². The summed E-state index contributed by atoms with van der Waals surface area (Å²) >= 11 is 0. The molecule has 0 radical (unpaired) electrons. The molecule has 7 heteroatoms. The number of aliphatic carboxylic acids is 1. The second-order valence-corrected chi connectivity index (χ2v) is 7.23. The predicted molar refractivity (Wildman–Crippen MR) is 101 cm³/mol. The number of anilines is 1. The Kier molecular flexibility index (Phi) is 5.29. The summed E-state index contributed by atoms with van der Waals surface area (Å²) in [4.78, 5) is 31.4. The zero-order chi connectivity index (χ0) is 18.8. The fraction of sp³-hybridized carbons (Fsp3) is 0.474. The molecule has 1 saturated heterocycles. The van der Waals surface area contributed by atoms with Crippen LogP contribution in [0, 0.1) is 5.92 Å². The molecule has 140 valence electrons. The van der Waals surface area contributed by atoms with Crippen molar-refractivity contribution in [2.45, 2.75) is 19.9 Å². The van der Waals surface area contributed by atoms with Crippen molar-refractivity contribution < 1.29 is 14.7 Å². The van der Waals surface area contributed by atoms with Crippen LogP contribution in [0.1, 0.15) is 25.5 Å². The summed E-state index contributed by atoms with van der Waals surface area (Å²) in [7, 11) is 2.04. The van der Waals surface area contributed by atoms with Gasteiger partial charge in [0.15, 0.2) is 0 Å². The third-order valence-corrected chi connectivity index (χ3v) is 4.94. The molecule has 1 amide bonds. The van der Waals surface area contributed by atoms with Crippen LogP contribution in [-0.2, 0) is 9.59 Å². The van der Waals surface area contributed by atoms with E-state index >= 15 is 0 Å². The van der Waals surface area contributed by atoms with Crippen molar-refractivity contribution in [1.82, 2.24) is 14.8 Å². The first-order chi connectivity index (χ1) is 12.4. The molecule has 0 spiro atoms. The van der Waals surface area contributed by atoms with E-state index in [9.17, 15) is 14.7 Å². The lowest BCUT2D eigenvalue weighted by Gasteiger charge is -2.36. The summed E-state index contributed by atoms with van der Waals surface area (Å²) in [5.41, 5.74) is 2.28. The van der Waals surface area contributed by atoms with Gasteiger partial charge >= 0.3 is 5.97 Å². The lowest BCUT2D eigenvalue weighted by molar-refractivity contribution is -0.144. The molecule has 1 aromatic heterocycles. The highest BCUT2D eigenvalue weighted by atomic mass is 16.4. The number of carboxylic acids is 1. The summed E-state index contributed by atoms with van der Waals surface area (Å²) < 4.78 is 0. The van der Waals surface area contributed by atoms with Crippen molar-refractivity contribution in [2.24, 2.45) is 5.92 Å². The Hall–Kier alpha value is -2.38. The minimum Gasteiger partial charge on any atom is -0.480 e. The van der Waals surface area contributed by atoms with E-state index < -0.39 is 12.0 Å². The van der Waals surface area contributed by atoms with E-state index in [1.165, 1.54) is 0 Å². The molecule has 1 aliphatic rings. The van der Waals surface area contributed by atoms with E-state index in [0.29, 0.717) is 18.8 Å². The van der Waals surface area contributed by atoms with Crippen LogP contribution in [0.5, 0.6) is 0 Å². The van der Waals surface area contributed by atoms with Gasteiger partial charge in [-0.3, -0.25) is 14.5 Å². The van der Waals surface area contributed by atoms with Crippen LogP contribution in [0.25, 0.3) is 10.9 Å². The summed E-state index contributed by atoms with van der Waals surface area (Å²) in [5.74, 6) is -1.03. The average Bonchev–Trinajstić information content (AvgIpc) is 2.99. The van der Waals surface area contributed by atoms with E-state index in [2.05, 4.69) is 15.2 Å². The predicted octanol–water partition coefficient (Wildman–Crippen LogP) is 2.14. The van der Waals surface area contributed by atoms with Gasteiger partial charge in [0.05, 0.1) is 0 Å². The number of hydrogen-bond donors (Lipinski definition) is 3. The van der Waals surface area contributed by atoms with Crippen LogP contribution in [0.2, 0.25) is 0 Å². The number of carboxylic acid groups (broad SMARTS) is 1. The summed E-state index contributed by atoms with van der Waals surface area (Å²) in [6.45, 7) is 6.80. The van der Waals surface area contributed by atoms with Crippen molar-refractivity contribution in [3.63, 3.8) is 0 Å². The first-order valence-electron chi connectivity index (χ1n) is 8.94. The van der Waals surface area contributed by atoms with Gasteiger partial charge in [0.1, 0.15) is 6.04 Å². The Bertz CT molecular complexity index is 806. The van der Waals surface area contributed by atoms with E-state index in [1.54, 1.807) is 6.20 Å². The van der Waals surface area contributed by atoms with Crippen LogP contribution < -0.4 is 5.32 Å².